The third-order valence-electron chi connectivity index (χ3n) is 4.28. The van der Waals surface area contributed by atoms with E-state index in [2.05, 4.69) is 10.3 Å². The number of aromatic hydroxyl groups is 1. The van der Waals surface area contributed by atoms with E-state index in [1.54, 1.807) is 6.07 Å². The van der Waals surface area contributed by atoms with Gasteiger partial charge in [0, 0.05) is 10.6 Å². The summed E-state index contributed by atoms with van der Waals surface area (Å²) < 4.78 is 5.85. The molecule has 0 aromatic heterocycles. The molecule has 1 heterocycles. The Morgan fingerprint density at radius 2 is 2.00 bits per heavy atom. The highest BCUT2D eigenvalue weighted by atomic mass is 35.5. The van der Waals surface area contributed by atoms with Crippen LogP contribution in [0.3, 0.4) is 0 Å². The maximum atomic E-state index is 12.6. The molecule has 0 saturated heterocycles. The lowest BCUT2D eigenvalue weighted by atomic mass is 10.1. The van der Waals surface area contributed by atoms with Gasteiger partial charge in [0.2, 0.25) is 12.0 Å². The first-order valence-corrected chi connectivity index (χ1v) is 8.06. The van der Waals surface area contributed by atoms with Gasteiger partial charge in [0.25, 0.3) is 5.91 Å². The van der Waals surface area contributed by atoms with Crippen LogP contribution >= 0.6 is 11.6 Å². The number of benzene rings is 2. The van der Waals surface area contributed by atoms with E-state index in [9.17, 15) is 9.90 Å². The van der Waals surface area contributed by atoms with Crippen LogP contribution in [0.4, 0.5) is 5.69 Å². The molecule has 1 aliphatic heterocycles. The van der Waals surface area contributed by atoms with E-state index in [0.29, 0.717) is 10.9 Å². The van der Waals surface area contributed by atoms with Gasteiger partial charge in [0.1, 0.15) is 11.3 Å². The lowest BCUT2D eigenvalue weighted by molar-refractivity contribution is -0.123. The number of ether oxygens (including phenoxy) is 1. The first kappa shape index (κ1) is 15.0. The molecule has 0 bridgehead atoms. The molecule has 1 fully saturated rings. The Kier molecular flexibility index (Phi) is 3.46. The molecule has 2 N–H and O–H groups in total. The number of anilines is 1. The summed E-state index contributed by atoms with van der Waals surface area (Å²) in [7, 11) is 0. The molecule has 6 heteroatoms. The molecular formula is C18H15ClN2O3. The fourth-order valence-electron chi connectivity index (χ4n) is 2.83. The van der Waals surface area contributed by atoms with Crippen molar-refractivity contribution in [2.24, 2.45) is 4.99 Å². The number of amides is 1. The number of nitrogens with zero attached hydrogens (tertiary/aromatic N) is 1. The minimum atomic E-state index is -0.703. The number of carbonyl (C=O) groups excluding carboxylic acids is 1. The Morgan fingerprint density at radius 3 is 2.71 bits per heavy atom. The van der Waals surface area contributed by atoms with Gasteiger partial charge in [0.05, 0.1) is 5.69 Å². The lowest BCUT2D eigenvalue weighted by Crippen LogP contribution is -2.37. The molecule has 122 valence electrons. The smallest absolute Gasteiger partial charge is 0.268 e. The van der Waals surface area contributed by atoms with Gasteiger partial charge >= 0.3 is 0 Å². The molecule has 2 aromatic carbocycles. The third kappa shape index (κ3) is 2.61. The zero-order valence-electron chi connectivity index (χ0n) is 12.7. The van der Waals surface area contributed by atoms with Crippen molar-refractivity contribution in [3.8, 4) is 5.75 Å². The number of nitrogens with one attached hydrogen (secondary N) is 1. The third-order valence-corrected chi connectivity index (χ3v) is 4.51. The van der Waals surface area contributed by atoms with Crippen molar-refractivity contribution in [1.29, 1.82) is 0 Å². The van der Waals surface area contributed by atoms with Crippen molar-refractivity contribution in [3.63, 3.8) is 0 Å². The minimum absolute atomic E-state index is 0.0419. The Labute approximate surface area is 143 Å². The van der Waals surface area contributed by atoms with Gasteiger partial charge < -0.3 is 15.2 Å². The molecule has 1 atom stereocenters. The zero-order chi connectivity index (χ0) is 16.7. The molecule has 0 radical (unpaired) electrons. The summed E-state index contributed by atoms with van der Waals surface area (Å²) in [4.78, 5) is 17.3. The van der Waals surface area contributed by atoms with Gasteiger partial charge in [-0.1, -0.05) is 29.8 Å². The van der Waals surface area contributed by atoms with Crippen LogP contribution in [0.25, 0.3) is 0 Å². The van der Waals surface area contributed by atoms with E-state index in [0.717, 1.165) is 18.4 Å². The van der Waals surface area contributed by atoms with Crippen LogP contribution in [0.15, 0.2) is 53.5 Å². The second-order valence-electron chi connectivity index (χ2n) is 6.04. The number of phenols is 1. The predicted molar refractivity (Wildman–Crippen MR) is 91.6 cm³/mol. The number of aliphatic imine (C=N–C) groups is 1. The highest BCUT2D eigenvalue weighted by molar-refractivity contribution is 6.31. The van der Waals surface area contributed by atoms with E-state index in [1.807, 2.05) is 30.3 Å². The first-order chi connectivity index (χ1) is 11.6. The molecule has 1 aliphatic carbocycles. The van der Waals surface area contributed by atoms with Crippen molar-refractivity contribution in [3.05, 3.63) is 59.1 Å². The van der Waals surface area contributed by atoms with Crippen LogP contribution in [-0.2, 0) is 9.53 Å². The van der Waals surface area contributed by atoms with Gasteiger partial charge in [-0.2, -0.15) is 0 Å². The highest BCUT2D eigenvalue weighted by Crippen LogP contribution is 2.48. The van der Waals surface area contributed by atoms with Gasteiger partial charge in [-0.25, -0.2) is 4.99 Å². The first-order valence-electron chi connectivity index (χ1n) is 7.69. The Hall–Kier alpha value is -2.53. The average molecular weight is 343 g/mol. The fraction of sp³-hybridized carbons (Fsp3) is 0.222. The number of phenolic OH excluding ortho intramolecular Hbond substituents is 1. The Bertz CT molecular complexity index is 831. The molecule has 2 aromatic rings. The quantitative estimate of drug-likeness (QED) is 0.840. The molecule has 1 spiro atoms. The van der Waals surface area contributed by atoms with E-state index in [4.69, 9.17) is 16.3 Å². The van der Waals surface area contributed by atoms with Gasteiger partial charge in [-0.3, -0.25) is 4.79 Å². The molecule has 2 aliphatic rings. The summed E-state index contributed by atoms with van der Waals surface area (Å²) in [6, 6.07) is 14.0. The van der Waals surface area contributed by atoms with Gasteiger partial charge in [-0.05, 0) is 43.2 Å². The van der Waals surface area contributed by atoms with Crippen molar-refractivity contribution in [1.82, 2.24) is 0 Å². The van der Waals surface area contributed by atoms with E-state index in [-0.39, 0.29) is 17.3 Å². The SMILES string of the molecule is O=C(Nc1cc(Cl)ccc1O)C1OC(c2ccccc2)=NC12CC2. The average Bonchev–Trinajstić information content (AvgIpc) is 3.24. The summed E-state index contributed by atoms with van der Waals surface area (Å²) in [6.07, 6.45) is 0.914. The lowest BCUT2D eigenvalue weighted by Gasteiger charge is -2.17. The normalized spacial score (nSPS) is 20.4. The molecule has 4 rings (SSSR count). The number of hydrogen-bond acceptors (Lipinski definition) is 4. The standard InChI is InChI=1S/C18H15ClN2O3/c19-12-6-7-14(22)13(10-12)20-16(23)15-18(8-9-18)21-17(24-15)11-4-2-1-3-5-11/h1-7,10,15,22H,8-9H2,(H,20,23). The van der Waals surface area contributed by atoms with Crippen LogP contribution in [0, 0.1) is 0 Å². The van der Waals surface area contributed by atoms with Crippen LogP contribution in [0.2, 0.25) is 5.02 Å². The van der Waals surface area contributed by atoms with E-state index < -0.39 is 11.6 Å². The summed E-state index contributed by atoms with van der Waals surface area (Å²) in [5.74, 6) is 0.114. The maximum Gasteiger partial charge on any atom is 0.268 e. The number of hydrogen-bond donors (Lipinski definition) is 2. The largest absolute Gasteiger partial charge is 0.506 e. The maximum absolute atomic E-state index is 12.6. The number of carbonyl (C=O) groups is 1. The second-order valence-corrected chi connectivity index (χ2v) is 6.47. The summed E-state index contributed by atoms with van der Waals surface area (Å²) in [5.41, 5.74) is 0.633. The van der Waals surface area contributed by atoms with E-state index >= 15 is 0 Å². The molecule has 1 saturated carbocycles. The fourth-order valence-corrected chi connectivity index (χ4v) is 3.00. The number of halogens is 1. The minimum Gasteiger partial charge on any atom is -0.506 e. The van der Waals surface area contributed by atoms with Crippen LogP contribution in [0.1, 0.15) is 18.4 Å². The van der Waals surface area contributed by atoms with E-state index in [1.165, 1.54) is 12.1 Å². The molecule has 1 amide bonds. The molecule has 1 unspecified atom stereocenters. The van der Waals surface area contributed by atoms with Crippen LogP contribution < -0.4 is 5.32 Å². The van der Waals surface area contributed by atoms with Gasteiger partial charge in [0.15, 0.2) is 0 Å². The monoisotopic (exact) mass is 342 g/mol. The van der Waals surface area contributed by atoms with Crippen molar-refractivity contribution >= 4 is 29.1 Å². The van der Waals surface area contributed by atoms with Crippen molar-refractivity contribution in [2.75, 3.05) is 5.32 Å². The topological polar surface area (TPSA) is 70.9 Å². The summed E-state index contributed by atoms with van der Waals surface area (Å²) in [5, 5.41) is 13.0. The molecular weight excluding hydrogens is 328 g/mol. The number of rotatable bonds is 3. The molecule has 5 nitrogen and oxygen atoms in total. The summed E-state index contributed by atoms with van der Waals surface area (Å²) in [6.45, 7) is 0. The Morgan fingerprint density at radius 1 is 1.25 bits per heavy atom. The predicted octanol–water partition coefficient (Wildman–Crippen LogP) is 3.36. The van der Waals surface area contributed by atoms with Crippen LogP contribution in [-0.4, -0.2) is 28.6 Å². The molecule has 24 heavy (non-hydrogen) atoms. The highest BCUT2D eigenvalue weighted by Gasteiger charge is 2.59. The second kappa shape index (κ2) is 5.53. The Balaban J connectivity index is 1.55. The summed E-state index contributed by atoms with van der Waals surface area (Å²) >= 11 is 5.92. The van der Waals surface area contributed by atoms with Crippen molar-refractivity contribution in [2.45, 2.75) is 24.5 Å². The zero-order valence-corrected chi connectivity index (χ0v) is 13.5. The van der Waals surface area contributed by atoms with Gasteiger partial charge in [-0.15, -0.1) is 0 Å². The van der Waals surface area contributed by atoms with Crippen LogP contribution in [0.5, 0.6) is 5.75 Å². The van der Waals surface area contributed by atoms with Crippen molar-refractivity contribution < 1.29 is 14.6 Å².